The molecule has 0 aliphatic heterocycles. The lowest BCUT2D eigenvalue weighted by atomic mass is 10.0. The summed E-state index contributed by atoms with van der Waals surface area (Å²) in [6.07, 6.45) is 0.593. The third-order valence-electron chi connectivity index (χ3n) is 3.25. The number of benzene rings is 1. The van der Waals surface area contributed by atoms with Gasteiger partial charge in [0.1, 0.15) is 0 Å². The SMILES string of the molecule is CC(C)c1cccc(NC(=O)CN(CCO)CCCO)c1. The van der Waals surface area contributed by atoms with Crippen molar-refractivity contribution >= 4 is 11.6 Å². The average Bonchev–Trinajstić information content (AvgIpc) is 2.45. The van der Waals surface area contributed by atoms with Gasteiger partial charge in [0, 0.05) is 25.4 Å². The molecular formula is C16H26N2O3. The number of nitrogens with zero attached hydrogens (tertiary/aromatic N) is 1. The van der Waals surface area contributed by atoms with Crippen molar-refractivity contribution in [3.63, 3.8) is 0 Å². The highest BCUT2D eigenvalue weighted by Gasteiger charge is 2.10. The van der Waals surface area contributed by atoms with Crippen LogP contribution in [0.1, 0.15) is 31.7 Å². The van der Waals surface area contributed by atoms with Gasteiger partial charge in [0.15, 0.2) is 0 Å². The lowest BCUT2D eigenvalue weighted by molar-refractivity contribution is -0.117. The van der Waals surface area contributed by atoms with E-state index in [-0.39, 0.29) is 25.7 Å². The second kappa shape index (κ2) is 9.50. The third-order valence-corrected chi connectivity index (χ3v) is 3.25. The van der Waals surface area contributed by atoms with Crippen molar-refractivity contribution in [3.8, 4) is 0 Å². The maximum absolute atomic E-state index is 12.0. The van der Waals surface area contributed by atoms with E-state index in [1.54, 1.807) is 0 Å². The second-order valence-corrected chi connectivity index (χ2v) is 5.41. The Morgan fingerprint density at radius 1 is 1.24 bits per heavy atom. The summed E-state index contributed by atoms with van der Waals surface area (Å²) >= 11 is 0. The number of rotatable bonds is 9. The van der Waals surface area contributed by atoms with Gasteiger partial charge >= 0.3 is 0 Å². The fourth-order valence-corrected chi connectivity index (χ4v) is 2.08. The molecule has 1 aromatic carbocycles. The van der Waals surface area contributed by atoms with E-state index in [0.717, 1.165) is 5.69 Å². The van der Waals surface area contributed by atoms with E-state index in [4.69, 9.17) is 10.2 Å². The zero-order valence-corrected chi connectivity index (χ0v) is 12.9. The minimum absolute atomic E-state index is 0.00153. The van der Waals surface area contributed by atoms with E-state index in [1.807, 2.05) is 29.2 Å². The molecule has 0 atom stereocenters. The summed E-state index contributed by atoms with van der Waals surface area (Å²) in [5.41, 5.74) is 1.97. The molecule has 0 spiro atoms. The van der Waals surface area contributed by atoms with Crippen LogP contribution in [0.5, 0.6) is 0 Å². The number of hydrogen-bond donors (Lipinski definition) is 3. The molecule has 0 heterocycles. The first-order chi connectivity index (χ1) is 10.1. The van der Waals surface area contributed by atoms with Crippen LogP contribution in [-0.2, 0) is 4.79 Å². The lowest BCUT2D eigenvalue weighted by Crippen LogP contribution is -2.36. The van der Waals surface area contributed by atoms with Crippen LogP contribution in [0.15, 0.2) is 24.3 Å². The first-order valence-corrected chi connectivity index (χ1v) is 7.40. The minimum Gasteiger partial charge on any atom is -0.396 e. The van der Waals surface area contributed by atoms with E-state index < -0.39 is 0 Å². The van der Waals surface area contributed by atoms with E-state index in [1.165, 1.54) is 5.56 Å². The average molecular weight is 294 g/mol. The highest BCUT2D eigenvalue weighted by atomic mass is 16.3. The summed E-state index contributed by atoms with van der Waals surface area (Å²) in [6.45, 7) is 5.54. The van der Waals surface area contributed by atoms with Crippen molar-refractivity contribution in [2.24, 2.45) is 0 Å². The Balaban J connectivity index is 2.56. The molecule has 0 aliphatic rings. The van der Waals surface area contributed by atoms with E-state index in [9.17, 15) is 4.79 Å². The Morgan fingerprint density at radius 2 is 2.00 bits per heavy atom. The maximum Gasteiger partial charge on any atom is 0.238 e. The molecule has 0 bridgehead atoms. The summed E-state index contributed by atoms with van der Waals surface area (Å²) in [6, 6.07) is 7.82. The number of nitrogens with one attached hydrogen (secondary N) is 1. The Bertz CT molecular complexity index is 435. The molecule has 21 heavy (non-hydrogen) atoms. The number of carbonyl (C=O) groups is 1. The lowest BCUT2D eigenvalue weighted by Gasteiger charge is -2.20. The standard InChI is InChI=1S/C16H26N2O3/c1-13(2)14-5-3-6-15(11-14)17-16(21)12-18(8-10-20)7-4-9-19/h3,5-6,11,13,19-20H,4,7-10,12H2,1-2H3,(H,17,21). The van der Waals surface area contributed by atoms with Gasteiger partial charge in [0.05, 0.1) is 13.2 Å². The molecule has 0 fully saturated rings. The third kappa shape index (κ3) is 6.71. The number of aliphatic hydroxyl groups excluding tert-OH is 2. The zero-order valence-electron chi connectivity index (χ0n) is 12.9. The molecule has 5 heteroatoms. The Hall–Kier alpha value is -1.43. The number of anilines is 1. The molecule has 0 radical (unpaired) electrons. The van der Waals surface area contributed by atoms with Crippen molar-refractivity contribution in [3.05, 3.63) is 29.8 Å². The molecule has 0 aliphatic carbocycles. The second-order valence-electron chi connectivity index (χ2n) is 5.41. The molecule has 3 N–H and O–H groups in total. The van der Waals surface area contributed by atoms with Gasteiger partial charge in [-0.3, -0.25) is 9.69 Å². The van der Waals surface area contributed by atoms with Crippen molar-refractivity contribution in [2.75, 3.05) is 38.2 Å². The number of carbonyl (C=O) groups excluding carboxylic acids is 1. The molecule has 0 saturated carbocycles. The molecule has 0 unspecified atom stereocenters. The summed E-state index contributed by atoms with van der Waals surface area (Å²) in [4.78, 5) is 13.9. The Morgan fingerprint density at radius 3 is 2.62 bits per heavy atom. The van der Waals surface area contributed by atoms with Gasteiger partial charge < -0.3 is 15.5 Å². The maximum atomic E-state index is 12.0. The van der Waals surface area contributed by atoms with Crippen molar-refractivity contribution in [2.45, 2.75) is 26.2 Å². The van der Waals surface area contributed by atoms with Crippen LogP contribution >= 0.6 is 0 Å². The van der Waals surface area contributed by atoms with Crippen LogP contribution in [0.4, 0.5) is 5.69 Å². The predicted molar refractivity (Wildman–Crippen MR) is 84.4 cm³/mol. The van der Waals surface area contributed by atoms with Crippen molar-refractivity contribution in [1.82, 2.24) is 4.90 Å². The van der Waals surface area contributed by atoms with Gasteiger partial charge in [0.25, 0.3) is 0 Å². The fourth-order valence-electron chi connectivity index (χ4n) is 2.08. The minimum atomic E-state index is -0.109. The largest absolute Gasteiger partial charge is 0.396 e. The van der Waals surface area contributed by atoms with Crippen LogP contribution in [0, 0.1) is 0 Å². The van der Waals surface area contributed by atoms with E-state index >= 15 is 0 Å². The van der Waals surface area contributed by atoms with Gasteiger partial charge in [-0.05, 0) is 30.0 Å². The molecule has 0 saturated heterocycles. The van der Waals surface area contributed by atoms with Gasteiger partial charge in [0.2, 0.25) is 5.91 Å². The Labute approximate surface area is 126 Å². The summed E-state index contributed by atoms with van der Waals surface area (Å²) in [7, 11) is 0. The fraction of sp³-hybridized carbons (Fsp3) is 0.562. The van der Waals surface area contributed by atoms with Crippen LogP contribution in [0.2, 0.25) is 0 Å². The Kier molecular flexibility index (Phi) is 7.97. The molecule has 0 aromatic heterocycles. The topological polar surface area (TPSA) is 72.8 Å². The summed E-state index contributed by atoms with van der Waals surface area (Å²) in [5.74, 6) is 0.305. The van der Waals surface area contributed by atoms with Gasteiger partial charge in [-0.2, -0.15) is 0 Å². The van der Waals surface area contributed by atoms with Crippen LogP contribution in [-0.4, -0.2) is 53.9 Å². The quantitative estimate of drug-likeness (QED) is 0.644. The van der Waals surface area contributed by atoms with Gasteiger partial charge in [-0.15, -0.1) is 0 Å². The number of aliphatic hydroxyl groups is 2. The highest BCUT2D eigenvalue weighted by molar-refractivity contribution is 5.92. The van der Waals surface area contributed by atoms with Crippen LogP contribution in [0.3, 0.4) is 0 Å². The van der Waals surface area contributed by atoms with E-state index in [2.05, 4.69) is 19.2 Å². The predicted octanol–water partition coefficient (Wildman–Crippen LogP) is 1.43. The van der Waals surface area contributed by atoms with Crippen molar-refractivity contribution in [1.29, 1.82) is 0 Å². The van der Waals surface area contributed by atoms with Crippen LogP contribution in [0.25, 0.3) is 0 Å². The smallest absolute Gasteiger partial charge is 0.238 e. The molecule has 1 amide bonds. The molecule has 1 aromatic rings. The molecule has 1 rings (SSSR count). The van der Waals surface area contributed by atoms with Crippen LogP contribution < -0.4 is 5.32 Å². The monoisotopic (exact) mass is 294 g/mol. The summed E-state index contributed by atoms with van der Waals surface area (Å²) < 4.78 is 0. The van der Waals surface area contributed by atoms with Gasteiger partial charge in [-0.25, -0.2) is 0 Å². The summed E-state index contributed by atoms with van der Waals surface area (Å²) in [5, 5.41) is 20.7. The van der Waals surface area contributed by atoms with Gasteiger partial charge in [-0.1, -0.05) is 26.0 Å². The molecule has 118 valence electrons. The van der Waals surface area contributed by atoms with E-state index in [0.29, 0.717) is 25.4 Å². The normalized spacial score (nSPS) is 11.1. The molecular weight excluding hydrogens is 268 g/mol. The van der Waals surface area contributed by atoms with Crippen molar-refractivity contribution < 1.29 is 15.0 Å². The first kappa shape index (κ1) is 17.6. The highest BCUT2D eigenvalue weighted by Crippen LogP contribution is 2.18. The zero-order chi connectivity index (χ0) is 15.7. The number of amides is 1. The number of hydrogen-bond acceptors (Lipinski definition) is 4. The first-order valence-electron chi connectivity index (χ1n) is 7.40. The molecule has 5 nitrogen and oxygen atoms in total.